The minimum Gasteiger partial charge on any atom is -0.460 e. The van der Waals surface area contributed by atoms with E-state index in [1.165, 1.54) is 0 Å². The van der Waals surface area contributed by atoms with Crippen molar-refractivity contribution in [2.24, 2.45) is 0 Å². The van der Waals surface area contributed by atoms with Crippen molar-refractivity contribution in [1.29, 1.82) is 0 Å². The number of fused-ring (bicyclic) bond motifs is 1. The van der Waals surface area contributed by atoms with Gasteiger partial charge in [0.15, 0.2) is 0 Å². The molecule has 3 rings (SSSR count). The number of nitrogens with one attached hydrogen (secondary N) is 1. The predicted octanol–water partition coefficient (Wildman–Crippen LogP) is 6.71. The van der Waals surface area contributed by atoms with Crippen LogP contribution in [0.1, 0.15) is 19.4 Å². The Balaban J connectivity index is 1.83. The molecule has 3 aromatic rings. The molecule has 0 fully saturated rings. The molecule has 0 aromatic heterocycles. The third kappa shape index (κ3) is 6.95. The number of carbonyl (C=O) groups excluding carboxylic acids is 1. The monoisotopic (exact) mass is 477 g/mol. The SMILES string of the molecule is C=C/C=C\C(=C/C)OP(=O)(N[C@@H](C)C(=O)OCc1ccccc1)Oc1cccc2ccccc12. The molecule has 0 aliphatic heterocycles. The molecule has 0 aliphatic rings. The molecule has 0 spiro atoms. The van der Waals surface area contributed by atoms with E-state index in [0.29, 0.717) is 11.5 Å². The third-order valence-electron chi connectivity index (χ3n) is 4.80. The van der Waals surface area contributed by atoms with E-state index < -0.39 is 19.8 Å². The van der Waals surface area contributed by atoms with E-state index in [4.69, 9.17) is 13.8 Å². The smallest absolute Gasteiger partial charge is 0.460 e. The number of allylic oxidation sites excluding steroid dienone is 4. The molecule has 0 amide bonds. The lowest BCUT2D eigenvalue weighted by Crippen LogP contribution is -2.35. The van der Waals surface area contributed by atoms with E-state index in [0.717, 1.165) is 16.3 Å². The van der Waals surface area contributed by atoms with Crippen LogP contribution in [0.3, 0.4) is 0 Å². The largest absolute Gasteiger partial charge is 0.513 e. The fourth-order valence-corrected chi connectivity index (χ4v) is 4.69. The first-order chi connectivity index (χ1) is 16.4. The third-order valence-corrected chi connectivity index (χ3v) is 6.40. The van der Waals surface area contributed by atoms with E-state index in [9.17, 15) is 9.36 Å². The summed E-state index contributed by atoms with van der Waals surface area (Å²) in [7, 11) is -4.07. The van der Waals surface area contributed by atoms with Gasteiger partial charge in [-0.1, -0.05) is 85.5 Å². The van der Waals surface area contributed by atoms with Crippen LogP contribution in [0.2, 0.25) is 0 Å². The van der Waals surface area contributed by atoms with Crippen LogP contribution in [-0.4, -0.2) is 12.0 Å². The molecule has 0 heterocycles. The van der Waals surface area contributed by atoms with E-state index in [1.54, 1.807) is 50.3 Å². The molecule has 3 aromatic carbocycles. The summed E-state index contributed by atoms with van der Waals surface area (Å²) in [6, 6.07) is 21.3. The summed E-state index contributed by atoms with van der Waals surface area (Å²) >= 11 is 0. The second-order valence-corrected chi connectivity index (χ2v) is 9.01. The Kier molecular flexibility index (Phi) is 8.86. The van der Waals surface area contributed by atoms with Gasteiger partial charge in [0.2, 0.25) is 0 Å². The maximum Gasteiger partial charge on any atom is 0.513 e. The van der Waals surface area contributed by atoms with Gasteiger partial charge in [-0.3, -0.25) is 4.79 Å². The van der Waals surface area contributed by atoms with Gasteiger partial charge in [0, 0.05) is 5.39 Å². The number of benzene rings is 3. The van der Waals surface area contributed by atoms with Crippen LogP contribution in [0.4, 0.5) is 0 Å². The molecule has 34 heavy (non-hydrogen) atoms. The molecule has 0 radical (unpaired) electrons. The highest BCUT2D eigenvalue weighted by Crippen LogP contribution is 2.48. The van der Waals surface area contributed by atoms with Crippen molar-refractivity contribution >= 4 is 24.5 Å². The molecule has 176 valence electrons. The number of ether oxygens (including phenoxy) is 1. The van der Waals surface area contributed by atoms with Crippen LogP contribution < -0.4 is 9.61 Å². The Labute approximate surface area is 200 Å². The van der Waals surface area contributed by atoms with Gasteiger partial charge in [0.25, 0.3) is 0 Å². The number of hydrogen-bond acceptors (Lipinski definition) is 5. The average Bonchev–Trinajstić information content (AvgIpc) is 2.85. The fourth-order valence-electron chi connectivity index (χ4n) is 3.10. The summed E-state index contributed by atoms with van der Waals surface area (Å²) in [6.45, 7) is 7.02. The Morgan fingerprint density at radius 3 is 2.50 bits per heavy atom. The Bertz CT molecular complexity index is 1230. The maximum atomic E-state index is 13.9. The van der Waals surface area contributed by atoms with Crippen molar-refractivity contribution in [2.75, 3.05) is 0 Å². The van der Waals surface area contributed by atoms with Crippen LogP contribution in [-0.2, 0) is 25.2 Å². The summed E-state index contributed by atoms with van der Waals surface area (Å²) in [4.78, 5) is 12.6. The van der Waals surface area contributed by atoms with Crippen LogP contribution in [0, 0.1) is 0 Å². The molecular weight excluding hydrogens is 449 g/mol. The summed E-state index contributed by atoms with van der Waals surface area (Å²) in [5.74, 6) is 0.0700. The number of esters is 1. The first-order valence-corrected chi connectivity index (χ1v) is 12.4. The lowest BCUT2D eigenvalue weighted by molar-refractivity contribution is -0.146. The van der Waals surface area contributed by atoms with Crippen LogP contribution in [0.5, 0.6) is 5.75 Å². The standard InChI is InChI=1S/C27H28NO5P/c1-4-6-17-24(5-2)32-34(30,33-26-19-12-16-23-15-10-11-18-25(23)26)28-21(3)27(29)31-20-22-13-8-7-9-14-22/h4-19,21H,1,20H2,2-3H3,(H,28,30)/b17-6-,24-5+/t21-,34?/m0/s1. The molecule has 1 N–H and O–H groups in total. The fraction of sp³-hybridized carbons (Fsp3) is 0.148. The Morgan fingerprint density at radius 1 is 1.06 bits per heavy atom. The number of hydrogen-bond donors (Lipinski definition) is 1. The van der Waals surface area contributed by atoms with Crippen molar-refractivity contribution in [3.8, 4) is 5.75 Å². The lowest BCUT2D eigenvalue weighted by atomic mass is 10.1. The van der Waals surface area contributed by atoms with Gasteiger partial charge in [-0.05, 0) is 43.0 Å². The zero-order chi connectivity index (χ0) is 24.4. The van der Waals surface area contributed by atoms with Gasteiger partial charge < -0.3 is 13.8 Å². The highest BCUT2D eigenvalue weighted by molar-refractivity contribution is 7.52. The first kappa shape index (κ1) is 25.0. The summed E-state index contributed by atoms with van der Waals surface area (Å²) < 4.78 is 31.0. The van der Waals surface area contributed by atoms with E-state index >= 15 is 0 Å². The molecule has 1 unspecified atom stereocenters. The molecule has 0 saturated carbocycles. The Morgan fingerprint density at radius 2 is 1.76 bits per heavy atom. The van der Waals surface area contributed by atoms with Gasteiger partial charge in [0.1, 0.15) is 24.2 Å². The van der Waals surface area contributed by atoms with E-state index in [1.807, 2.05) is 60.7 Å². The lowest BCUT2D eigenvalue weighted by Gasteiger charge is -2.24. The molecule has 0 bridgehead atoms. The van der Waals surface area contributed by atoms with Crippen LogP contribution >= 0.6 is 7.75 Å². The van der Waals surface area contributed by atoms with E-state index in [2.05, 4.69) is 11.7 Å². The minimum atomic E-state index is -4.07. The zero-order valence-corrected chi connectivity index (χ0v) is 20.1. The molecule has 0 aliphatic carbocycles. The van der Waals surface area contributed by atoms with Gasteiger partial charge in [-0.25, -0.2) is 4.57 Å². The summed E-state index contributed by atoms with van der Waals surface area (Å²) in [5.41, 5.74) is 0.847. The number of carbonyl (C=O) groups is 1. The average molecular weight is 477 g/mol. The van der Waals surface area contributed by atoms with Crippen molar-refractivity contribution < 1.29 is 23.1 Å². The maximum absolute atomic E-state index is 13.9. The van der Waals surface area contributed by atoms with Gasteiger partial charge >= 0.3 is 13.7 Å². The van der Waals surface area contributed by atoms with Gasteiger partial charge in [-0.2, -0.15) is 5.09 Å². The van der Waals surface area contributed by atoms with Crippen molar-refractivity contribution in [1.82, 2.24) is 5.09 Å². The second-order valence-electron chi connectivity index (χ2n) is 7.39. The minimum absolute atomic E-state index is 0.100. The predicted molar refractivity (Wildman–Crippen MR) is 135 cm³/mol. The topological polar surface area (TPSA) is 73.9 Å². The summed E-state index contributed by atoms with van der Waals surface area (Å²) in [5, 5.41) is 4.40. The highest BCUT2D eigenvalue weighted by atomic mass is 31.2. The second kappa shape index (κ2) is 12.0. The van der Waals surface area contributed by atoms with Gasteiger partial charge in [-0.15, -0.1) is 0 Å². The highest BCUT2D eigenvalue weighted by Gasteiger charge is 2.34. The van der Waals surface area contributed by atoms with Crippen molar-refractivity contribution in [2.45, 2.75) is 26.5 Å². The molecular formula is C27H28NO5P. The Hall–Kier alpha value is -3.60. The molecule has 0 saturated heterocycles. The first-order valence-electron chi connectivity index (χ1n) is 10.8. The van der Waals surface area contributed by atoms with Crippen molar-refractivity contribution in [3.05, 3.63) is 115 Å². The van der Waals surface area contributed by atoms with Gasteiger partial charge in [0.05, 0.1) is 0 Å². The number of rotatable bonds is 11. The normalized spacial score (nSPS) is 14.4. The zero-order valence-electron chi connectivity index (χ0n) is 19.2. The van der Waals surface area contributed by atoms with Crippen LogP contribution in [0.15, 0.2) is 109 Å². The summed E-state index contributed by atoms with van der Waals surface area (Å²) in [6.07, 6.45) is 6.46. The quantitative estimate of drug-likeness (QED) is 0.143. The van der Waals surface area contributed by atoms with E-state index in [-0.39, 0.29) is 6.61 Å². The molecule has 7 heteroatoms. The molecule has 2 atom stereocenters. The van der Waals surface area contributed by atoms with Crippen LogP contribution in [0.25, 0.3) is 10.8 Å². The van der Waals surface area contributed by atoms with Crippen molar-refractivity contribution in [3.63, 3.8) is 0 Å². The molecule has 6 nitrogen and oxygen atoms in total.